The Morgan fingerprint density at radius 2 is 1.64 bits per heavy atom. The molecule has 0 aliphatic heterocycles. The minimum absolute atomic E-state index is 0.177. The number of amides is 1. The molecule has 1 rings (SSSR count). The van der Waals surface area contributed by atoms with E-state index in [0.717, 1.165) is 0 Å². The highest BCUT2D eigenvalue weighted by molar-refractivity contribution is 6.60. The first kappa shape index (κ1) is 19.1. The van der Waals surface area contributed by atoms with Gasteiger partial charge in [-0.1, -0.05) is 0 Å². The topological polar surface area (TPSA) is 94.1 Å². The molecule has 2 N–H and O–H groups in total. The van der Waals surface area contributed by atoms with Gasteiger partial charge in [0, 0.05) is 32.4 Å². The lowest BCUT2D eigenvalue weighted by Gasteiger charge is -2.28. The molecule has 22 heavy (non-hydrogen) atoms. The van der Waals surface area contributed by atoms with Crippen molar-refractivity contribution < 1.29 is 28.0 Å². The summed E-state index contributed by atoms with van der Waals surface area (Å²) in [5.41, 5.74) is 0. The van der Waals surface area contributed by atoms with Gasteiger partial charge < -0.3 is 23.7 Å². The number of hydrogen-bond donors (Lipinski definition) is 2. The lowest BCUT2D eigenvalue weighted by Crippen LogP contribution is -2.46. The van der Waals surface area contributed by atoms with Gasteiger partial charge in [0.05, 0.1) is 11.8 Å². The van der Waals surface area contributed by atoms with Crippen molar-refractivity contribution in [3.05, 3.63) is 0 Å². The van der Waals surface area contributed by atoms with Gasteiger partial charge in [-0.25, -0.2) is 0 Å². The van der Waals surface area contributed by atoms with Gasteiger partial charge in [0.25, 0.3) is 0 Å². The predicted molar refractivity (Wildman–Crippen MR) is 82.3 cm³/mol. The first-order chi connectivity index (χ1) is 10.5. The van der Waals surface area contributed by atoms with Gasteiger partial charge in [-0.15, -0.1) is 0 Å². The van der Waals surface area contributed by atoms with Crippen LogP contribution in [0.2, 0.25) is 6.04 Å². The van der Waals surface area contributed by atoms with E-state index in [1.54, 1.807) is 0 Å². The molecule has 128 valence electrons. The first-order valence-corrected chi connectivity index (χ1v) is 9.85. The second-order valence-electron chi connectivity index (χ2n) is 5.16. The predicted octanol–water partition coefficient (Wildman–Crippen LogP) is 1.26. The number of hydrogen-bond acceptors (Lipinski definition) is 5. The summed E-state index contributed by atoms with van der Waals surface area (Å²) in [6, 6.07) is 0.635. The molecule has 0 aromatic carbocycles. The van der Waals surface area contributed by atoms with Gasteiger partial charge in [0.2, 0.25) is 5.91 Å². The van der Waals surface area contributed by atoms with Crippen LogP contribution in [-0.2, 0) is 22.9 Å². The minimum atomic E-state index is -2.66. The molecule has 2 atom stereocenters. The van der Waals surface area contributed by atoms with E-state index >= 15 is 0 Å². The van der Waals surface area contributed by atoms with E-state index in [0.29, 0.717) is 45.3 Å². The number of nitrogens with one attached hydrogen (secondary N) is 1. The van der Waals surface area contributed by atoms with Crippen LogP contribution >= 0.6 is 0 Å². The second kappa shape index (κ2) is 9.24. The van der Waals surface area contributed by atoms with E-state index in [1.807, 2.05) is 20.8 Å². The van der Waals surface area contributed by atoms with Crippen molar-refractivity contribution in [2.45, 2.75) is 39.7 Å². The molecule has 7 nitrogen and oxygen atoms in total. The summed E-state index contributed by atoms with van der Waals surface area (Å²) in [4.78, 5) is 22.5. The molecule has 1 aliphatic rings. The maximum absolute atomic E-state index is 11.8. The molecule has 1 saturated carbocycles. The molecule has 1 fully saturated rings. The molecule has 0 heterocycles. The van der Waals surface area contributed by atoms with Crippen LogP contribution in [0.25, 0.3) is 0 Å². The average Bonchev–Trinajstić information content (AvgIpc) is 3.25. The molecule has 2 unspecified atom stereocenters. The molecule has 8 heteroatoms. The van der Waals surface area contributed by atoms with Gasteiger partial charge in [0.1, 0.15) is 0 Å². The van der Waals surface area contributed by atoms with Crippen molar-refractivity contribution in [2.75, 3.05) is 26.4 Å². The van der Waals surface area contributed by atoms with Crippen LogP contribution in [0.15, 0.2) is 0 Å². The van der Waals surface area contributed by atoms with E-state index < -0.39 is 20.7 Å². The summed E-state index contributed by atoms with van der Waals surface area (Å²) in [6.45, 7) is 7.77. The molecular weight excluding hydrogens is 306 g/mol. The molecule has 0 radical (unpaired) electrons. The lowest BCUT2D eigenvalue weighted by molar-refractivity contribution is -0.140. The summed E-state index contributed by atoms with van der Waals surface area (Å²) >= 11 is 0. The zero-order valence-corrected chi connectivity index (χ0v) is 14.6. The van der Waals surface area contributed by atoms with E-state index in [9.17, 15) is 9.59 Å². The highest BCUT2D eigenvalue weighted by Crippen LogP contribution is 2.38. The Kier molecular flexibility index (Phi) is 8.01. The molecule has 1 amide bonds. The normalized spacial score (nSPS) is 20.7. The van der Waals surface area contributed by atoms with Crippen molar-refractivity contribution in [1.82, 2.24) is 5.32 Å². The fourth-order valence-corrected chi connectivity index (χ4v) is 5.02. The Morgan fingerprint density at radius 1 is 1.09 bits per heavy atom. The summed E-state index contributed by atoms with van der Waals surface area (Å²) in [5, 5.41) is 11.6. The van der Waals surface area contributed by atoms with Crippen molar-refractivity contribution >= 4 is 20.7 Å². The number of aliphatic carboxylic acids is 1. The summed E-state index contributed by atoms with van der Waals surface area (Å²) < 4.78 is 17.2. The molecule has 0 bridgehead atoms. The molecule has 0 aromatic heterocycles. The Bertz CT molecular complexity index is 361. The number of carboxylic acids is 1. The molecule has 0 aromatic rings. The van der Waals surface area contributed by atoms with Crippen LogP contribution in [0.3, 0.4) is 0 Å². The van der Waals surface area contributed by atoms with Crippen molar-refractivity contribution in [3.63, 3.8) is 0 Å². The molecule has 1 aliphatic carbocycles. The summed E-state index contributed by atoms with van der Waals surface area (Å²) in [7, 11) is -2.66. The third-order valence-electron chi connectivity index (χ3n) is 3.50. The highest BCUT2D eigenvalue weighted by Gasteiger charge is 2.48. The van der Waals surface area contributed by atoms with Gasteiger partial charge in [0.15, 0.2) is 0 Å². The maximum atomic E-state index is 11.8. The average molecular weight is 333 g/mol. The van der Waals surface area contributed by atoms with Crippen molar-refractivity contribution in [1.29, 1.82) is 0 Å². The van der Waals surface area contributed by atoms with Crippen LogP contribution in [-0.4, -0.2) is 52.2 Å². The van der Waals surface area contributed by atoms with Crippen LogP contribution < -0.4 is 5.32 Å². The third-order valence-corrected chi connectivity index (χ3v) is 6.65. The Balaban J connectivity index is 2.33. The first-order valence-electron chi connectivity index (χ1n) is 7.92. The van der Waals surface area contributed by atoms with Gasteiger partial charge in [-0.2, -0.15) is 0 Å². The summed E-state index contributed by atoms with van der Waals surface area (Å²) in [6.07, 6.45) is 1.12. The molecule has 0 spiro atoms. The fraction of sp³-hybridized carbons (Fsp3) is 0.857. The number of carboxylic acid groups (broad SMARTS) is 1. The zero-order chi connectivity index (χ0) is 16.6. The van der Waals surface area contributed by atoms with Crippen LogP contribution in [0.4, 0.5) is 0 Å². The smallest absolute Gasteiger partial charge is 0.481 e. The third kappa shape index (κ3) is 5.67. The van der Waals surface area contributed by atoms with E-state index in [2.05, 4.69) is 5.32 Å². The standard InChI is InChI=1S/C14H27NO6Si/c1-4-19-22(20-5-2,21-6-3)9-7-8-15-13(16)11-10-12(11)14(17)18/h11-12H,4-10H2,1-3H3,(H,15,16)(H,17,18). The van der Waals surface area contributed by atoms with Gasteiger partial charge >= 0.3 is 14.8 Å². The maximum Gasteiger partial charge on any atom is 0.500 e. The van der Waals surface area contributed by atoms with Crippen molar-refractivity contribution in [2.24, 2.45) is 11.8 Å². The monoisotopic (exact) mass is 333 g/mol. The van der Waals surface area contributed by atoms with Crippen LogP contribution in [0.1, 0.15) is 33.6 Å². The highest BCUT2D eigenvalue weighted by atomic mass is 28.4. The number of carbonyl (C=O) groups is 2. The van der Waals surface area contributed by atoms with E-state index in [1.165, 1.54) is 0 Å². The minimum Gasteiger partial charge on any atom is -0.481 e. The van der Waals surface area contributed by atoms with E-state index in [-0.39, 0.29) is 11.8 Å². The second-order valence-corrected chi connectivity index (χ2v) is 7.90. The zero-order valence-electron chi connectivity index (χ0n) is 13.6. The van der Waals surface area contributed by atoms with Crippen molar-refractivity contribution in [3.8, 4) is 0 Å². The summed E-state index contributed by atoms with van der Waals surface area (Å²) in [5.74, 6) is -1.95. The molecular formula is C14H27NO6Si. The largest absolute Gasteiger partial charge is 0.500 e. The van der Waals surface area contributed by atoms with Crippen LogP contribution in [0, 0.1) is 11.8 Å². The van der Waals surface area contributed by atoms with E-state index in [4.69, 9.17) is 18.4 Å². The fourth-order valence-electron chi connectivity index (χ4n) is 2.41. The Morgan fingerprint density at radius 3 is 2.05 bits per heavy atom. The number of rotatable bonds is 12. The SMILES string of the molecule is CCO[Si](CCCNC(=O)C1CC1C(=O)O)(OCC)OCC. The quantitative estimate of drug-likeness (QED) is 0.412. The lowest BCUT2D eigenvalue weighted by atomic mass is 10.3. The van der Waals surface area contributed by atoms with Gasteiger partial charge in [-0.3, -0.25) is 9.59 Å². The number of carbonyl (C=O) groups excluding carboxylic acids is 1. The molecule has 0 saturated heterocycles. The van der Waals surface area contributed by atoms with Gasteiger partial charge in [-0.05, 0) is 33.6 Å². The Hall–Kier alpha value is -0.963. The van der Waals surface area contributed by atoms with Crippen LogP contribution in [0.5, 0.6) is 0 Å². The Labute approximate surface area is 132 Å².